The number of hydrogen-bond donors (Lipinski definition) is 3. The lowest BCUT2D eigenvalue weighted by Gasteiger charge is -2.18. The van der Waals surface area contributed by atoms with Crippen molar-refractivity contribution in [3.8, 4) is 5.75 Å². The quantitative estimate of drug-likeness (QED) is 0.257. The van der Waals surface area contributed by atoms with Crippen molar-refractivity contribution in [3.63, 3.8) is 0 Å². The second-order valence-corrected chi connectivity index (χ2v) is 6.15. The zero-order valence-electron chi connectivity index (χ0n) is 16.0. The first-order valence-electron chi connectivity index (χ1n) is 9.14. The maximum atomic E-state index is 13.2. The topological polar surface area (TPSA) is 65.9 Å². The minimum atomic E-state index is -0.307. The second kappa shape index (κ2) is 15.0. The van der Waals surface area contributed by atoms with Crippen LogP contribution in [-0.4, -0.2) is 43.4 Å². The third-order valence-corrected chi connectivity index (χ3v) is 3.78. The minimum Gasteiger partial charge on any atom is -0.489 e. The summed E-state index contributed by atoms with van der Waals surface area (Å²) in [7, 11) is 0. The van der Waals surface area contributed by atoms with Crippen molar-refractivity contribution in [3.05, 3.63) is 30.1 Å². The molecule has 0 aromatic heterocycles. The number of halogens is 2. The minimum absolute atomic E-state index is 0. The molecule has 0 radical (unpaired) electrons. The van der Waals surface area contributed by atoms with Gasteiger partial charge in [0, 0.05) is 25.8 Å². The summed E-state index contributed by atoms with van der Waals surface area (Å²) in [5.74, 6) is 1.34. The van der Waals surface area contributed by atoms with E-state index in [9.17, 15) is 4.39 Å². The fourth-order valence-electron chi connectivity index (χ4n) is 2.53. The average molecular weight is 481 g/mol. The van der Waals surface area contributed by atoms with Crippen LogP contribution in [-0.2, 0) is 0 Å². The van der Waals surface area contributed by atoms with E-state index in [0.29, 0.717) is 24.8 Å². The molecule has 150 valence electrons. The maximum Gasteiger partial charge on any atom is 0.191 e. The Morgan fingerprint density at radius 1 is 1.27 bits per heavy atom. The summed E-state index contributed by atoms with van der Waals surface area (Å²) in [6.07, 6.45) is 2.79. The maximum absolute atomic E-state index is 13.2. The van der Waals surface area contributed by atoms with Gasteiger partial charge >= 0.3 is 0 Å². The Labute approximate surface area is 173 Å². The highest BCUT2D eigenvalue weighted by molar-refractivity contribution is 14.0. The number of benzene rings is 1. The number of hydrogen-bond acceptors (Lipinski definition) is 3. The first-order chi connectivity index (χ1) is 12.1. The molecule has 0 saturated heterocycles. The van der Waals surface area contributed by atoms with Gasteiger partial charge in [-0.15, -0.1) is 24.0 Å². The zero-order chi connectivity index (χ0) is 18.5. The van der Waals surface area contributed by atoms with E-state index in [-0.39, 0.29) is 42.5 Å². The van der Waals surface area contributed by atoms with Gasteiger partial charge in [0.1, 0.15) is 17.7 Å². The smallest absolute Gasteiger partial charge is 0.191 e. The summed E-state index contributed by atoms with van der Waals surface area (Å²) >= 11 is 0. The molecule has 0 spiro atoms. The molecule has 0 aliphatic carbocycles. The number of nitrogens with zero attached hydrogens (tertiary/aromatic N) is 1. The van der Waals surface area contributed by atoms with Crippen molar-refractivity contribution >= 4 is 29.9 Å². The highest BCUT2D eigenvalue weighted by Gasteiger charge is 2.09. The summed E-state index contributed by atoms with van der Waals surface area (Å²) in [4.78, 5) is 4.61. The van der Waals surface area contributed by atoms with Gasteiger partial charge in [-0.2, -0.15) is 0 Å². The predicted molar refractivity (Wildman–Crippen MR) is 116 cm³/mol. The van der Waals surface area contributed by atoms with Crippen LogP contribution in [0.3, 0.4) is 0 Å². The molecule has 26 heavy (non-hydrogen) atoms. The van der Waals surface area contributed by atoms with Crippen LogP contribution in [0.15, 0.2) is 29.3 Å². The average Bonchev–Trinajstić information content (AvgIpc) is 2.57. The largest absolute Gasteiger partial charge is 0.489 e. The number of aliphatic imine (C=N–C) groups is 1. The molecule has 7 heteroatoms. The molecule has 0 bridgehead atoms. The molecule has 0 heterocycles. The molecule has 5 nitrogen and oxygen atoms in total. The lowest BCUT2D eigenvalue weighted by Crippen LogP contribution is -2.42. The van der Waals surface area contributed by atoms with E-state index in [2.05, 4.69) is 22.5 Å². The normalized spacial score (nSPS) is 13.5. The molecule has 1 rings (SSSR count). The van der Waals surface area contributed by atoms with Gasteiger partial charge in [0.15, 0.2) is 5.96 Å². The van der Waals surface area contributed by atoms with Crippen LogP contribution < -0.4 is 15.4 Å². The summed E-state index contributed by atoms with van der Waals surface area (Å²) in [6.45, 7) is 8.28. The lowest BCUT2D eigenvalue weighted by molar-refractivity contribution is 0.223. The van der Waals surface area contributed by atoms with E-state index in [1.165, 1.54) is 12.1 Å². The van der Waals surface area contributed by atoms with Crippen molar-refractivity contribution in [1.82, 2.24) is 10.6 Å². The zero-order valence-corrected chi connectivity index (χ0v) is 18.3. The van der Waals surface area contributed by atoms with E-state index < -0.39 is 0 Å². The Bertz CT molecular complexity index is 511. The van der Waals surface area contributed by atoms with Crippen LogP contribution in [0.1, 0.15) is 40.0 Å². The summed E-state index contributed by atoms with van der Waals surface area (Å²) < 4.78 is 18.9. The van der Waals surface area contributed by atoms with Gasteiger partial charge < -0.3 is 20.5 Å². The van der Waals surface area contributed by atoms with Gasteiger partial charge in [-0.3, -0.25) is 4.99 Å². The molecule has 2 unspecified atom stereocenters. The lowest BCUT2D eigenvalue weighted by atomic mass is 10.0. The predicted octanol–water partition coefficient (Wildman–Crippen LogP) is 3.56. The molecule has 0 amide bonds. The third-order valence-electron chi connectivity index (χ3n) is 3.78. The number of aliphatic hydroxyl groups is 1. The molecule has 0 saturated carbocycles. The number of ether oxygens (including phenoxy) is 1. The summed E-state index contributed by atoms with van der Waals surface area (Å²) in [5, 5.41) is 15.6. The van der Waals surface area contributed by atoms with Gasteiger partial charge in [0.25, 0.3) is 0 Å². The molecule has 1 aromatic carbocycles. The van der Waals surface area contributed by atoms with Gasteiger partial charge in [0.2, 0.25) is 0 Å². The highest BCUT2D eigenvalue weighted by atomic mass is 127. The van der Waals surface area contributed by atoms with Crippen molar-refractivity contribution in [2.75, 3.05) is 26.2 Å². The fraction of sp³-hybridized carbons (Fsp3) is 0.632. The Kier molecular flexibility index (Phi) is 14.4. The second-order valence-electron chi connectivity index (χ2n) is 6.15. The Morgan fingerprint density at radius 2 is 2.04 bits per heavy atom. The molecule has 0 aliphatic heterocycles. The van der Waals surface area contributed by atoms with Crippen molar-refractivity contribution in [1.29, 1.82) is 0 Å². The molecular weight excluding hydrogens is 448 g/mol. The highest BCUT2D eigenvalue weighted by Crippen LogP contribution is 2.13. The molecular formula is C19H33FIN3O2. The van der Waals surface area contributed by atoms with E-state index >= 15 is 0 Å². The van der Waals surface area contributed by atoms with E-state index in [1.54, 1.807) is 12.1 Å². The summed E-state index contributed by atoms with van der Waals surface area (Å²) in [6, 6.07) is 6.14. The molecule has 3 N–H and O–H groups in total. The van der Waals surface area contributed by atoms with Crippen LogP contribution >= 0.6 is 24.0 Å². The Balaban J connectivity index is 0.00000625. The molecule has 0 aliphatic rings. The van der Waals surface area contributed by atoms with Crippen LogP contribution in [0, 0.1) is 11.7 Å². The van der Waals surface area contributed by atoms with Crippen LogP contribution in [0.2, 0.25) is 0 Å². The Hall–Kier alpha value is -1.09. The Morgan fingerprint density at radius 3 is 2.65 bits per heavy atom. The van der Waals surface area contributed by atoms with Crippen LogP contribution in [0.5, 0.6) is 5.75 Å². The SMILES string of the molecule is CCCC(CCO)CN=C(NCC)NCC(C)Oc1cccc(F)c1.I. The van der Waals surface area contributed by atoms with Crippen LogP contribution in [0.4, 0.5) is 4.39 Å². The molecule has 0 fully saturated rings. The van der Waals surface area contributed by atoms with Gasteiger partial charge in [-0.05, 0) is 44.7 Å². The number of rotatable bonds is 11. The first-order valence-corrected chi connectivity index (χ1v) is 9.14. The number of aliphatic hydroxyl groups excluding tert-OH is 1. The fourth-order valence-corrected chi connectivity index (χ4v) is 2.53. The van der Waals surface area contributed by atoms with Gasteiger partial charge in [-0.1, -0.05) is 19.4 Å². The first kappa shape index (κ1) is 24.9. The third kappa shape index (κ3) is 10.8. The van der Waals surface area contributed by atoms with E-state index in [0.717, 1.165) is 31.8 Å². The van der Waals surface area contributed by atoms with E-state index in [4.69, 9.17) is 9.84 Å². The van der Waals surface area contributed by atoms with Gasteiger partial charge in [-0.25, -0.2) is 4.39 Å². The van der Waals surface area contributed by atoms with Gasteiger partial charge in [0.05, 0.1) is 6.54 Å². The van der Waals surface area contributed by atoms with E-state index in [1.807, 2.05) is 13.8 Å². The molecule has 2 atom stereocenters. The van der Waals surface area contributed by atoms with Crippen molar-refractivity contribution < 1.29 is 14.2 Å². The van der Waals surface area contributed by atoms with Crippen molar-refractivity contribution in [2.24, 2.45) is 10.9 Å². The standard InChI is InChI=1S/C19H32FN3O2.HI/c1-4-7-16(10-11-24)14-23-19(21-5-2)22-13-15(3)25-18-9-6-8-17(20)12-18;/h6,8-9,12,15-16,24H,4-5,7,10-11,13-14H2,1-3H3,(H2,21,22,23);1H. The van der Waals surface area contributed by atoms with Crippen molar-refractivity contribution in [2.45, 2.75) is 46.1 Å². The van der Waals surface area contributed by atoms with Crippen LogP contribution in [0.25, 0.3) is 0 Å². The number of nitrogens with one attached hydrogen (secondary N) is 2. The number of guanidine groups is 1. The molecule has 1 aromatic rings. The summed E-state index contributed by atoms with van der Waals surface area (Å²) in [5.41, 5.74) is 0. The monoisotopic (exact) mass is 481 g/mol.